The van der Waals surface area contributed by atoms with E-state index in [0.717, 1.165) is 19.0 Å². The molecular weight excluding hydrogens is 887 g/mol. The fourth-order valence-electron chi connectivity index (χ4n) is 10.4. The van der Waals surface area contributed by atoms with Gasteiger partial charge in [-0.3, -0.25) is 14.4 Å². The molecule has 0 radical (unpaired) electrons. The van der Waals surface area contributed by atoms with Crippen LogP contribution in [0.5, 0.6) is 0 Å². The van der Waals surface area contributed by atoms with Gasteiger partial charge in [0.2, 0.25) is 17.7 Å². The van der Waals surface area contributed by atoms with Crippen molar-refractivity contribution in [3.8, 4) is 0 Å². The van der Waals surface area contributed by atoms with Crippen molar-refractivity contribution in [2.24, 2.45) is 34.5 Å². The molecule has 12 atom stereocenters. The summed E-state index contributed by atoms with van der Waals surface area (Å²) in [4.78, 5) is 88.8. The van der Waals surface area contributed by atoms with Crippen molar-refractivity contribution in [2.45, 2.75) is 108 Å². The van der Waals surface area contributed by atoms with Crippen LogP contribution in [0.25, 0.3) is 0 Å². The molecule has 4 N–H and O–H groups in total. The van der Waals surface area contributed by atoms with Crippen molar-refractivity contribution in [1.82, 2.24) is 0 Å². The lowest BCUT2D eigenvalue weighted by molar-refractivity contribution is -0.464. The minimum Gasteiger partial charge on any atom is -0.459 e. The zero-order valence-electron chi connectivity index (χ0n) is 37.7. The topological polar surface area (TPSA) is 261 Å². The van der Waals surface area contributed by atoms with Crippen LogP contribution in [0.1, 0.15) is 82.6 Å². The van der Waals surface area contributed by atoms with Gasteiger partial charge in [0, 0.05) is 67.3 Å². The lowest BCUT2D eigenvalue weighted by atomic mass is 9.42. The number of hydrogen-bond acceptors (Lipinski definition) is 20. The van der Waals surface area contributed by atoms with E-state index in [9.17, 15) is 34.2 Å². The van der Waals surface area contributed by atoms with Crippen LogP contribution in [0, 0.1) is 28.6 Å². The number of ketones is 2. The number of rotatable bonds is 20. The van der Waals surface area contributed by atoms with Crippen molar-refractivity contribution in [3.63, 3.8) is 0 Å². The van der Waals surface area contributed by atoms with Gasteiger partial charge in [-0.15, -0.1) is 9.32 Å². The Morgan fingerprint density at radius 2 is 1.62 bits per heavy atom. The number of ether oxygens (including phenoxy) is 7. The fraction of sp³-hybridized carbons (Fsp3) is 0.609. The lowest BCUT2D eigenvalue weighted by Gasteiger charge is -2.67. The minimum absolute atomic E-state index is 0.0208. The van der Waals surface area contributed by atoms with Crippen LogP contribution in [0.4, 0.5) is 0 Å². The summed E-state index contributed by atoms with van der Waals surface area (Å²) in [6.07, 6.45) is -7.42. The molecule has 2 bridgehead atoms. The first kappa shape index (κ1) is 51.0. The van der Waals surface area contributed by atoms with E-state index in [4.69, 9.17) is 39.1 Å². The van der Waals surface area contributed by atoms with E-state index in [1.165, 1.54) is 19.1 Å². The molecule has 2 aromatic rings. The van der Waals surface area contributed by atoms with E-state index < -0.39 is 125 Å². The summed E-state index contributed by atoms with van der Waals surface area (Å²) >= 11 is 0.961. The molecule has 2 aromatic carbocycles. The first-order valence-electron chi connectivity index (χ1n) is 21.8. The predicted molar refractivity (Wildman–Crippen MR) is 229 cm³/mol. The van der Waals surface area contributed by atoms with Crippen molar-refractivity contribution < 1.29 is 86.5 Å². The smallest absolute Gasteiger partial charge is 0.348 e. The van der Waals surface area contributed by atoms with E-state index in [1.54, 1.807) is 76.2 Å². The number of esters is 4. The van der Waals surface area contributed by atoms with Crippen LogP contribution in [0.15, 0.2) is 60.7 Å². The van der Waals surface area contributed by atoms with Crippen LogP contribution < -0.4 is 5.90 Å². The quantitative estimate of drug-likeness (QED) is 0.0327. The number of carbonyl (C=O) groups is 6. The van der Waals surface area contributed by atoms with Gasteiger partial charge in [0.15, 0.2) is 5.60 Å². The SMILES string of the molecule is CC(=O)O[C@@]12CO[C@@H]1C[C@H](O)[C@@]1(C)C(=O)C(=O)C3C(C)[C@@H](OC(=O)[C@H](OC(=O)COCCOCCCSOOON)[C@@H](C)c4ccccc4)C[C@@](O)(C(OC(=O)c4ccccc4)[C@H]21)C3(C)C. The van der Waals surface area contributed by atoms with Crippen molar-refractivity contribution >= 4 is 47.5 Å². The number of aliphatic hydroxyl groups excluding tert-OH is 1. The zero-order chi connectivity index (χ0) is 48.0. The molecule has 19 nitrogen and oxygen atoms in total. The molecule has 20 heteroatoms. The number of carbonyl (C=O) groups excluding carboxylic acids is 6. The van der Waals surface area contributed by atoms with Gasteiger partial charge >= 0.3 is 23.9 Å². The molecule has 3 aliphatic carbocycles. The second kappa shape index (κ2) is 21.3. The van der Waals surface area contributed by atoms with Gasteiger partial charge in [-0.05, 0) is 36.1 Å². The Labute approximate surface area is 386 Å². The Bertz CT molecular complexity index is 2060. The van der Waals surface area contributed by atoms with Gasteiger partial charge in [-0.25, -0.2) is 14.4 Å². The highest BCUT2D eigenvalue weighted by molar-refractivity contribution is 7.94. The van der Waals surface area contributed by atoms with Gasteiger partial charge in [0.25, 0.3) is 0 Å². The first-order chi connectivity index (χ1) is 31.3. The molecule has 1 saturated heterocycles. The molecule has 4 aliphatic rings. The Hall–Kier alpha value is -4.35. The maximum absolute atomic E-state index is 15.0. The van der Waals surface area contributed by atoms with E-state index in [1.807, 2.05) is 0 Å². The monoisotopic (exact) mass is 945 g/mol. The molecule has 0 aromatic heterocycles. The largest absolute Gasteiger partial charge is 0.459 e. The molecule has 1 heterocycles. The highest BCUT2D eigenvalue weighted by Gasteiger charge is 2.79. The number of fused-ring (bicyclic) bond motifs is 5. The normalized spacial score (nSPS) is 31.9. The van der Waals surface area contributed by atoms with Gasteiger partial charge < -0.3 is 43.4 Å². The molecular formula is C46H59NO18S. The molecule has 4 fully saturated rings. The van der Waals surface area contributed by atoms with Crippen molar-refractivity contribution in [2.75, 3.05) is 38.8 Å². The third-order valence-corrected chi connectivity index (χ3v) is 14.6. The lowest BCUT2D eigenvalue weighted by Crippen LogP contribution is -2.82. The summed E-state index contributed by atoms with van der Waals surface area (Å²) in [6.45, 7) is 8.56. The van der Waals surface area contributed by atoms with E-state index in [2.05, 4.69) is 14.4 Å². The highest BCUT2D eigenvalue weighted by atomic mass is 32.2. The van der Waals surface area contributed by atoms with Gasteiger partial charge in [-0.1, -0.05) is 76.2 Å². The standard InChI is InChI=1S/C46H59NO18S/c1-26(29-14-9-7-10-15-29)37(60-34(50)24-57-20-19-56-18-13-21-66-65-64-63-47)42(54)59-31-23-46(55)40(61-41(53)30-16-11-8-12-17-30)38-44(6,39(52)36(51)35(27(31)2)43(46,4)5)32(49)22-33-45(38,25-58-33)62-28(3)48/h7-12,14-17,26-27,31-33,35,37-38,40,49,55H,13,18-25,47H2,1-6H3/t26-,27?,31-,32-,33+,35?,37+,38-,40?,44+,45-,46+/m0/s1. The summed E-state index contributed by atoms with van der Waals surface area (Å²) in [6, 6.07) is 16.6. The molecule has 0 amide bonds. The number of Topliss-reactive ketones (excluding diaryl/α,β-unsaturated/α-hetero) is 2. The summed E-state index contributed by atoms with van der Waals surface area (Å²) < 4.78 is 45.8. The zero-order valence-corrected chi connectivity index (χ0v) is 38.6. The maximum Gasteiger partial charge on any atom is 0.348 e. The molecule has 3 saturated carbocycles. The molecule has 3 unspecified atom stereocenters. The number of hydrogen-bond donors (Lipinski definition) is 3. The number of aliphatic hydroxyl groups is 2. The van der Waals surface area contributed by atoms with Crippen molar-refractivity contribution in [1.29, 1.82) is 0 Å². The molecule has 1 aliphatic heterocycles. The van der Waals surface area contributed by atoms with Gasteiger partial charge in [0.1, 0.15) is 30.5 Å². The van der Waals surface area contributed by atoms with Gasteiger partial charge in [0.05, 0.1) is 42.8 Å². The van der Waals surface area contributed by atoms with Crippen LogP contribution in [0.3, 0.4) is 0 Å². The molecule has 0 spiro atoms. The first-order valence-corrected chi connectivity index (χ1v) is 22.7. The highest BCUT2D eigenvalue weighted by Crippen LogP contribution is 2.64. The summed E-state index contributed by atoms with van der Waals surface area (Å²) in [7, 11) is 0. The molecule has 6 rings (SSSR count). The van der Waals surface area contributed by atoms with Crippen LogP contribution in [-0.4, -0.2) is 126 Å². The second-order valence-electron chi connectivity index (χ2n) is 18.1. The Balaban J connectivity index is 1.31. The second-order valence-corrected chi connectivity index (χ2v) is 18.9. The summed E-state index contributed by atoms with van der Waals surface area (Å²) in [5.74, 6) is -5.13. The summed E-state index contributed by atoms with van der Waals surface area (Å²) in [5.41, 5.74) is -7.10. The van der Waals surface area contributed by atoms with Crippen molar-refractivity contribution in [3.05, 3.63) is 71.8 Å². The van der Waals surface area contributed by atoms with E-state index >= 15 is 4.79 Å². The maximum atomic E-state index is 15.0. The molecule has 66 heavy (non-hydrogen) atoms. The minimum atomic E-state index is -2.35. The average molecular weight is 946 g/mol. The average Bonchev–Trinajstić information content (AvgIpc) is 3.28. The van der Waals surface area contributed by atoms with E-state index in [0.29, 0.717) is 24.3 Å². The number of nitrogens with two attached hydrogens (primary N) is 1. The molecule has 362 valence electrons. The van der Waals surface area contributed by atoms with E-state index in [-0.39, 0.29) is 31.8 Å². The fourth-order valence-corrected chi connectivity index (χ4v) is 10.8. The Morgan fingerprint density at radius 1 is 0.955 bits per heavy atom. The van der Waals surface area contributed by atoms with Crippen LogP contribution >= 0.6 is 12.0 Å². The predicted octanol–water partition coefficient (Wildman–Crippen LogP) is 3.32. The Morgan fingerprint density at radius 3 is 2.26 bits per heavy atom. The third kappa shape index (κ3) is 9.94. The Kier molecular flexibility index (Phi) is 16.5. The van der Waals surface area contributed by atoms with Gasteiger partial charge in [-0.2, -0.15) is 5.90 Å². The summed E-state index contributed by atoms with van der Waals surface area (Å²) in [5, 5.41) is 29.6. The number of benzene rings is 2. The van der Waals surface area contributed by atoms with Crippen LogP contribution in [0.2, 0.25) is 0 Å². The third-order valence-electron chi connectivity index (χ3n) is 14.0. The van der Waals surface area contributed by atoms with Crippen LogP contribution in [-0.2, 0) is 71.5 Å².